The minimum Gasteiger partial charge on any atom is -0.339 e. The summed E-state index contributed by atoms with van der Waals surface area (Å²) >= 11 is 0. The van der Waals surface area contributed by atoms with Crippen LogP contribution in [0.5, 0.6) is 0 Å². The first kappa shape index (κ1) is 11.2. The van der Waals surface area contributed by atoms with E-state index in [9.17, 15) is 0 Å². The van der Waals surface area contributed by atoms with E-state index in [4.69, 9.17) is 10.3 Å². The summed E-state index contributed by atoms with van der Waals surface area (Å²) in [6, 6.07) is -0.0790. The molecule has 0 bridgehead atoms. The molecule has 2 N–H and O–H groups in total. The van der Waals surface area contributed by atoms with Gasteiger partial charge in [0.25, 0.3) is 0 Å². The molecule has 1 atom stereocenters. The standard InChI is InChI=1S/C10H19N3O/c1-4-5-8(11)10-12-9(14-13-10)6-7(2)3/h7-8H,4-6,11H2,1-3H3. The molecule has 1 unspecified atom stereocenters. The molecule has 1 aromatic rings. The van der Waals surface area contributed by atoms with Gasteiger partial charge in [-0.3, -0.25) is 0 Å². The molecular formula is C10H19N3O. The van der Waals surface area contributed by atoms with Gasteiger partial charge in [0, 0.05) is 6.42 Å². The Bertz CT molecular complexity index is 270. The zero-order chi connectivity index (χ0) is 10.6. The summed E-state index contributed by atoms with van der Waals surface area (Å²) in [5.41, 5.74) is 5.86. The van der Waals surface area contributed by atoms with E-state index < -0.39 is 0 Å². The minimum absolute atomic E-state index is 0.0790. The molecule has 0 saturated carbocycles. The van der Waals surface area contributed by atoms with Gasteiger partial charge in [-0.25, -0.2) is 0 Å². The molecule has 0 aliphatic rings. The Morgan fingerprint density at radius 3 is 2.71 bits per heavy atom. The Morgan fingerprint density at radius 1 is 1.43 bits per heavy atom. The second-order valence-corrected chi connectivity index (χ2v) is 4.04. The lowest BCUT2D eigenvalue weighted by atomic mass is 10.1. The first-order chi connectivity index (χ1) is 6.63. The molecule has 0 amide bonds. The van der Waals surface area contributed by atoms with Crippen molar-refractivity contribution in [3.8, 4) is 0 Å². The molecule has 1 heterocycles. The van der Waals surface area contributed by atoms with Crippen LogP contribution >= 0.6 is 0 Å². The highest BCUT2D eigenvalue weighted by Crippen LogP contribution is 2.13. The lowest BCUT2D eigenvalue weighted by Gasteiger charge is -2.02. The van der Waals surface area contributed by atoms with Gasteiger partial charge in [-0.1, -0.05) is 32.3 Å². The normalized spacial score (nSPS) is 13.5. The summed E-state index contributed by atoms with van der Waals surface area (Å²) in [6.07, 6.45) is 2.77. The fourth-order valence-corrected chi connectivity index (χ4v) is 1.29. The first-order valence-electron chi connectivity index (χ1n) is 5.21. The second kappa shape index (κ2) is 5.10. The molecule has 1 rings (SSSR count). The van der Waals surface area contributed by atoms with Crippen LogP contribution in [0.3, 0.4) is 0 Å². The number of rotatable bonds is 5. The predicted molar refractivity (Wildman–Crippen MR) is 54.7 cm³/mol. The molecule has 4 heteroatoms. The van der Waals surface area contributed by atoms with E-state index in [1.54, 1.807) is 0 Å². The van der Waals surface area contributed by atoms with Crippen molar-refractivity contribution < 1.29 is 4.52 Å². The smallest absolute Gasteiger partial charge is 0.226 e. The zero-order valence-electron chi connectivity index (χ0n) is 9.16. The highest BCUT2D eigenvalue weighted by Gasteiger charge is 2.13. The summed E-state index contributed by atoms with van der Waals surface area (Å²) in [5, 5.41) is 3.88. The van der Waals surface area contributed by atoms with Crippen LogP contribution in [-0.4, -0.2) is 10.1 Å². The topological polar surface area (TPSA) is 64.9 Å². The average Bonchev–Trinajstić information content (AvgIpc) is 2.52. The number of aromatic nitrogens is 2. The molecular weight excluding hydrogens is 178 g/mol. The van der Waals surface area contributed by atoms with Crippen molar-refractivity contribution >= 4 is 0 Å². The fourth-order valence-electron chi connectivity index (χ4n) is 1.29. The Morgan fingerprint density at radius 2 is 2.14 bits per heavy atom. The third-order valence-electron chi connectivity index (χ3n) is 2.00. The molecule has 0 fully saturated rings. The van der Waals surface area contributed by atoms with E-state index in [2.05, 4.69) is 30.9 Å². The highest BCUT2D eigenvalue weighted by atomic mass is 16.5. The highest BCUT2D eigenvalue weighted by molar-refractivity contribution is 4.93. The van der Waals surface area contributed by atoms with Crippen molar-refractivity contribution in [1.82, 2.24) is 10.1 Å². The summed E-state index contributed by atoms with van der Waals surface area (Å²) in [6.45, 7) is 6.33. The van der Waals surface area contributed by atoms with E-state index in [1.165, 1.54) is 0 Å². The van der Waals surface area contributed by atoms with Gasteiger partial charge in [0.05, 0.1) is 6.04 Å². The van der Waals surface area contributed by atoms with Crippen LogP contribution in [0.25, 0.3) is 0 Å². The molecule has 0 aliphatic heterocycles. The van der Waals surface area contributed by atoms with Gasteiger partial charge in [-0.15, -0.1) is 0 Å². The van der Waals surface area contributed by atoms with Crippen molar-refractivity contribution in [2.75, 3.05) is 0 Å². The average molecular weight is 197 g/mol. The Kier molecular flexibility index (Phi) is 4.07. The summed E-state index contributed by atoms with van der Waals surface area (Å²) in [4.78, 5) is 4.27. The molecule has 80 valence electrons. The van der Waals surface area contributed by atoms with Gasteiger partial charge in [-0.2, -0.15) is 4.98 Å². The van der Waals surface area contributed by atoms with Crippen LogP contribution in [-0.2, 0) is 6.42 Å². The van der Waals surface area contributed by atoms with Crippen LogP contribution in [0.2, 0.25) is 0 Å². The van der Waals surface area contributed by atoms with Gasteiger partial charge >= 0.3 is 0 Å². The van der Waals surface area contributed by atoms with Crippen molar-refractivity contribution in [1.29, 1.82) is 0 Å². The van der Waals surface area contributed by atoms with E-state index in [0.29, 0.717) is 17.6 Å². The van der Waals surface area contributed by atoms with Crippen molar-refractivity contribution in [2.24, 2.45) is 11.7 Å². The van der Waals surface area contributed by atoms with Crippen LogP contribution in [0.4, 0.5) is 0 Å². The largest absolute Gasteiger partial charge is 0.339 e. The maximum atomic E-state index is 5.86. The van der Waals surface area contributed by atoms with E-state index >= 15 is 0 Å². The zero-order valence-corrected chi connectivity index (χ0v) is 9.16. The van der Waals surface area contributed by atoms with E-state index in [-0.39, 0.29) is 6.04 Å². The van der Waals surface area contributed by atoms with Crippen LogP contribution < -0.4 is 5.73 Å². The van der Waals surface area contributed by atoms with Gasteiger partial charge in [0.1, 0.15) is 0 Å². The van der Waals surface area contributed by atoms with Crippen LogP contribution in [0.15, 0.2) is 4.52 Å². The number of nitrogens with zero attached hydrogens (tertiary/aromatic N) is 2. The van der Waals surface area contributed by atoms with Crippen molar-refractivity contribution in [3.63, 3.8) is 0 Å². The number of hydrogen-bond acceptors (Lipinski definition) is 4. The van der Waals surface area contributed by atoms with E-state index in [1.807, 2.05) is 0 Å². The Labute approximate surface area is 84.9 Å². The Hall–Kier alpha value is -0.900. The van der Waals surface area contributed by atoms with Crippen LogP contribution in [0, 0.1) is 5.92 Å². The first-order valence-corrected chi connectivity index (χ1v) is 5.21. The quantitative estimate of drug-likeness (QED) is 0.784. The Balaban J connectivity index is 2.58. The monoisotopic (exact) mass is 197 g/mol. The summed E-state index contributed by atoms with van der Waals surface area (Å²) < 4.78 is 5.10. The molecule has 0 saturated heterocycles. The maximum absolute atomic E-state index is 5.86. The van der Waals surface area contributed by atoms with Crippen LogP contribution in [0.1, 0.15) is 51.4 Å². The molecule has 1 aromatic heterocycles. The summed E-state index contributed by atoms with van der Waals surface area (Å²) in [5.74, 6) is 1.87. The van der Waals surface area contributed by atoms with Gasteiger partial charge in [-0.05, 0) is 12.3 Å². The molecule has 4 nitrogen and oxygen atoms in total. The van der Waals surface area contributed by atoms with Crippen molar-refractivity contribution in [3.05, 3.63) is 11.7 Å². The molecule has 0 aliphatic carbocycles. The van der Waals surface area contributed by atoms with Gasteiger partial charge in [0.2, 0.25) is 5.89 Å². The van der Waals surface area contributed by atoms with Gasteiger partial charge < -0.3 is 10.3 Å². The molecule has 0 aromatic carbocycles. The SMILES string of the molecule is CCCC(N)c1noc(CC(C)C)n1. The predicted octanol–water partition coefficient (Wildman–Crippen LogP) is 2.07. The third kappa shape index (κ3) is 3.10. The van der Waals surface area contributed by atoms with Crippen molar-refractivity contribution in [2.45, 2.75) is 46.1 Å². The van der Waals surface area contributed by atoms with E-state index in [0.717, 1.165) is 19.3 Å². The fraction of sp³-hybridized carbons (Fsp3) is 0.800. The second-order valence-electron chi connectivity index (χ2n) is 4.04. The van der Waals surface area contributed by atoms with Gasteiger partial charge in [0.15, 0.2) is 5.82 Å². The summed E-state index contributed by atoms with van der Waals surface area (Å²) in [7, 11) is 0. The number of hydrogen-bond donors (Lipinski definition) is 1. The molecule has 0 radical (unpaired) electrons. The third-order valence-corrected chi connectivity index (χ3v) is 2.00. The lowest BCUT2D eigenvalue weighted by molar-refractivity contribution is 0.355. The maximum Gasteiger partial charge on any atom is 0.226 e. The number of nitrogens with two attached hydrogens (primary N) is 1. The molecule has 14 heavy (non-hydrogen) atoms. The lowest BCUT2D eigenvalue weighted by Crippen LogP contribution is -2.11. The molecule has 0 spiro atoms. The minimum atomic E-state index is -0.0790.